The van der Waals surface area contributed by atoms with Crippen LogP contribution in [0.2, 0.25) is 0 Å². The summed E-state index contributed by atoms with van der Waals surface area (Å²) in [7, 11) is 0. The van der Waals surface area contributed by atoms with Gasteiger partial charge >= 0.3 is 0 Å². The predicted octanol–water partition coefficient (Wildman–Crippen LogP) is 1.99. The smallest absolute Gasteiger partial charge is 0.180 e. The van der Waals surface area contributed by atoms with Gasteiger partial charge in [-0.05, 0) is 24.3 Å². The van der Waals surface area contributed by atoms with Gasteiger partial charge in [0.05, 0.1) is 5.69 Å². The van der Waals surface area contributed by atoms with E-state index in [4.69, 9.17) is 11.5 Å². The normalized spacial score (nSPS) is 10.5. The van der Waals surface area contributed by atoms with Crippen LogP contribution in [0.15, 0.2) is 24.3 Å². The van der Waals surface area contributed by atoms with Crippen LogP contribution in [0.3, 0.4) is 0 Å². The summed E-state index contributed by atoms with van der Waals surface area (Å²) in [6.07, 6.45) is 0. The number of nitrogen functional groups attached to an aromatic ring is 1. The molecule has 2 aromatic rings. The molecule has 1 aromatic heterocycles. The Kier molecular flexibility index (Phi) is 2.66. The predicted molar refractivity (Wildman–Crippen MR) is 59.8 cm³/mol. The van der Waals surface area contributed by atoms with Crippen molar-refractivity contribution in [1.29, 1.82) is 0 Å². The molecule has 78 valence electrons. The molecule has 2 rings (SSSR count). The Morgan fingerprint density at radius 1 is 1.27 bits per heavy atom. The van der Waals surface area contributed by atoms with Crippen LogP contribution in [-0.2, 0) is 6.54 Å². The van der Waals surface area contributed by atoms with E-state index in [9.17, 15) is 4.39 Å². The van der Waals surface area contributed by atoms with E-state index in [1.807, 2.05) is 0 Å². The van der Waals surface area contributed by atoms with E-state index >= 15 is 0 Å². The van der Waals surface area contributed by atoms with Crippen LogP contribution in [0.1, 0.15) is 4.88 Å². The number of hydrogen-bond acceptors (Lipinski definition) is 4. The Morgan fingerprint density at radius 2 is 1.93 bits per heavy atom. The first kappa shape index (κ1) is 10.1. The molecule has 1 heterocycles. The van der Waals surface area contributed by atoms with E-state index in [0.29, 0.717) is 11.7 Å². The highest BCUT2D eigenvalue weighted by atomic mass is 32.1. The zero-order valence-corrected chi connectivity index (χ0v) is 8.72. The number of nitrogens with zero attached hydrogens (tertiary/aromatic N) is 1. The quantitative estimate of drug-likeness (QED) is 0.818. The first-order valence-electron chi connectivity index (χ1n) is 4.42. The van der Waals surface area contributed by atoms with Gasteiger partial charge < -0.3 is 11.5 Å². The number of aromatic nitrogens is 1. The SMILES string of the molecule is NCc1sc(N)nc1-c1ccc(F)cc1. The summed E-state index contributed by atoms with van der Waals surface area (Å²) >= 11 is 1.36. The van der Waals surface area contributed by atoms with Crippen LogP contribution in [0, 0.1) is 5.82 Å². The minimum atomic E-state index is -0.267. The van der Waals surface area contributed by atoms with E-state index in [0.717, 1.165) is 16.1 Å². The van der Waals surface area contributed by atoms with Crippen LogP contribution in [-0.4, -0.2) is 4.98 Å². The lowest BCUT2D eigenvalue weighted by molar-refractivity contribution is 0.628. The Labute approximate surface area is 90.6 Å². The van der Waals surface area contributed by atoms with Crippen molar-refractivity contribution in [3.63, 3.8) is 0 Å². The Morgan fingerprint density at radius 3 is 2.53 bits per heavy atom. The lowest BCUT2D eigenvalue weighted by Gasteiger charge is -1.99. The average molecular weight is 223 g/mol. The van der Waals surface area contributed by atoms with Crippen molar-refractivity contribution in [3.05, 3.63) is 35.0 Å². The Hall–Kier alpha value is -1.46. The van der Waals surface area contributed by atoms with E-state index < -0.39 is 0 Å². The third kappa shape index (κ3) is 1.98. The molecule has 0 aliphatic carbocycles. The highest BCUT2D eigenvalue weighted by molar-refractivity contribution is 7.15. The largest absolute Gasteiger partial charge is 0.375 e. The summed E-state index contributed by atoms with van der Waals surface area (Å²) in [6.45, 7) is 0.390. The maximum absolute atomic E-state index is 12.7. The van der Waals surface area contributed by atoms with Crippen LogP contribution < -0.4 is 11.5 Å². The van der Waals surface area contributed by atoms with Crippen molar-refractivity contribution >= 4 is 16.5 Å². The molecular formula is C10H10FN3S. The monoisotopic (exact) mass is 223 g/mol. The molecule has 1 aromatic carbocycles. The lowest BCUT2D eigenvalue weighted by atomic mass is 10.1. The summed E-state index contributed by atoms with van der Waals surface area (Å²) in [5.74, 6) is -0.267. The molecule has 0 amide bonds. The molecule has 0 saturated heterocycles. The molecule has 0 unspecified atom stereocenters. The van der Waals surface area contributed by atoms with Crippen LogP contribution in [0.5, 0.6) is 0 Å². The molecule has 0 saturated carbocycles. The number of nitrogens with two attached hydrogens (primary N) is 2. The summed E-state index contributed by atoms with van der Waals surface area (Å²) in [6, 6.07) is 6.13. The Balaban J connectivity index is 2.48. The molecule has 4 N–H and O–H groups in total. The van der Waals surface area contributed by atoms with Crippen LogP contribution in [0.4, 0.5) is 9.52 Å². The molecule has 0 bridgehead atoms. The third-order valence-corrected chi connectivity index (χ3v) is 2.92. The van der Waals surface area contributed by atoms with Gasteiger partial charge in [0.15, 0.2) is 5.13 Å². The van der Waals surface area contributed by atoms with Crippen LogP contribution in [0.25, 0.3) is 11.3 Å². The van der Waals surface area contributed by atoms with Crippen molar-refractivity contribution in [2.75, 3.05) is 5.73 Å². The number of halogens is 1. The van der Waals surface area contributed by atoms with Crippen molar-refractivity contribution in [3.8, 4) is 11.3 Å². The molecule has 0 aliphatic heterocycles. The summed E-state index contributed by atoms with van der Waals surface area (Å²) in [5, 5.41) is 0.481. The molecule has 0 radical (unpaired) electrons. The maximum atomic E-state index is 12.7. The van der Waals surface area contributed by atoms with Crippen molar-refractivity contribution < 1.29 is 4.39 Å². The third-order valence-electron chi connectivity index (χ3n) is 2.02. The van der Waals surface area contributed by atoms with Gasteiger partial charge in [0, 0.05) is 17.0 Å². The first-order valence-corrected chi connectivity index (χ1v) is 5.23. The zero-order chi connectivity index (χ0) is 10.8. The Bertz CT molecular complexity index is 464. The van der Waals surface area contributed by atoms with Gasteiger partial charge in [-0.25, -0.2) is 9.37 Å². The number of thiazole rings is 1. The van der Waals surface area contributed by atoms with Gasteiger partial charge in [-0.15, -0.1) is 11.3 Å². The number of benzene rings is 1. The second kappa shape index (κ2) is 3.96. The van der Waals surface area contributed by atoms with Gasteiger partial charge in [0.25, 0.3) is 0 Å². The molecule has 0 atom stereocenters. The fourth-order valence-corrected chi connectivity index (χ4v) is 2.07. The van der Waals surface area contributed by atoms with E-state index in [1.54, 1.807) is 12.1 Å². The molecule has 0 fully saturated rings. The highest BCUT2D eigenvalue weighted by Crippen LogP contribution is 2.29. The lowest BCUT2D eigenvalue weighted by Crippen LogP contribution is -1.95. The highest BCUT2D eigenvalue weighted by Gasteiger charge is 2.09. The average Bonchev–Trinajstić information content (AvgIpc) is 2.61. The molecule has 15 heavy (non-hydrogen) atoms. The van der Waals surface area contributed by atoms with Crippen molar-refractivity contribution in [1.82, 2.24) is 4.98 Å². The first-order chi connectivity index (χ1) is 7.20. The summed E-state index contributed by atoms with van der Waals surface area (Å²) in [4.78, 5) is 5.09. The second-order valence-corrected chi connectivity index (χ2v) is 4.15. The topological polar surface area (TPSA) is 64.9 Å². The number of rotatable bonds is 2. The minimum Gasteiger partial charge on any atom is -0.375 e. The molecular weight excluding hydrogens is 213 g/mol. The molecule has 3 nitrogen and oxygen atoms in total. The van der Waals surface area contributed by atoms with Gasteiger partial charge in [0.2, 0.25) is 0 Å². The van der Waals surface area contributed by atoms with Crippen molar-refractivity contribution in [2.24, 2.45) is 5.73 Å². The second-order valence-electron chi connectivity index (χ2n) is 3.03. The van der Waals surface area contributed by atoms with Crippen LogP contribution >= 0.6 is 11.3 Å². The van der Waals surface area contributed by atoms with E-state index in [-0.39, 0.29) is 5.82 Å². The van der Waals surface area contributed by atoms with Gasteiger partial charge in [-0.2, -0.15) is 0 Å². The fraction of sp³-hybridized carbons (Fsp3) is 0.100. The zero-order valence-electron chi connectivity index (χ0n) is 7.90. The van der Waals surface area contributed by atoms with Crippen molar-refractivity contribution in [2.45, 2.75) is 6.54 Å². The number of anilines is 1. The summed E-state index contributed by atoms with van der Waals surface area (Å²) in [5.41, 5.74) is 12.8. The maximum Gasteiger partial charge on any atom is 0.180 e. The number of hydrogen-bond donors (Lipinski definition) is 2. The minimum absolute atomic E-state index is 0.267. The molecule has 0 spiro atoms. The standard InChI is InChI=1S/C10H10FN3S/c11-7-3-1-6(2-4-7)9-8(5-12)15-10(13)14-9/h1-4H,5,12H2,(H2,13,14). The van der Waals surface area contributed by atoms with Gasteiger partial charge in [-0.1, -0.05) is 0 Å². The van der Waals surface area contributed by atoms with E-state index in [1.165, 1.54) is 23.5 Å². The van der Waals surface area contributed by atoms with E-state index in [2.05, 4.69) is 4.98 Å². The molecule has 0 aliphatic rings. The summed E-state index contributed by atoms with van der Waals surface area (Å²) < 4.78 is 12.7. The van der Waals surface area contributed by atoms with Gasteiger partial charge in [0.1, 0.15) is 5.82 Å². The van der Waals surface area contributed by atoms with Gasteiger partial charge in [-0.3, -0.25) is 0 Å². The fourth-order valence-electron chi connectivity index (χ4n) is 1.34. The molecule has 5 heteroatoms.